The van der Waals surface area contributed by atoms with Crippen LogP contribution in [0.5, 0.6) is 5.75 Å². The third kappa shape index (κ3) is 5.50. The van der Waals surface area contributed by atoms with Crippen LogP contribution in [0.1, 0.15) is 26.2 Å². The SMILES string of the molecule is CCCNC(=O)[C@H]1CCCN(CCOc2ccc(Cl)cc2)C1. The Hall–Kier alpha value is -1.26. The Labute approximate surface area is 137 Å². The van der Waals surface area contributed by atoms with E-state index in [0.29, 0.717) is 11.6 Å². The lowest BCUT2D eigenvalue weighted by molar-refractivity contribution is -0.126. The summed E-state index contributed by atoms with van der Waals surface area (Å²) < 4.78 is 5.72. The molecule has 0 radical (unpaired) electrons. The molecule has 0 spiro atoms. The van der Waals surface area contributed by atoms with Crippen molar-refractivity contribution in [1.82, 2.24) is 10.2 Å². The van der Waals surface area contributed by atoms with E-state index in [1.54, 1.807) is 0 Å². The Morgan fingerprint density at radius 2 is 2.18 bits per heavy atom. The predicted molar refractivity (Wildman–Crippen MR) is 89.4 cm³/mol. The summed E-state index contributed by atoms with van der Waals surface area (Å²) in [5.74, 6) is 1.15. The van der Waals surface area contributed by atoms with Gasteiger partial charge in [-0.05, 0) is 50.1 Å². The Bertz CT molecular complexity index is 464. The summed E-state index contributed by atoms with van der Waals surface area (Å²) >= 11 is 5.85. The number of hydrogen-bond donors (Lipinski definition) is 1. The van der Waals surface area contributed by atoms with Crippen molar-refractivity contribution in [2.24, 2.45) is 5.92 Å². The van der Waals surface area contributed by atoms with Crippen LogP contribution in [-0.4, -0.2) is 43.6 Å². The highest BCUT2D eigenvalue weighted by atomic mass is 35.5. The van der Waals surface area contributed by atoms with Crippen molar-refractivity contribution in [3.63, 3.8) is 0 Å². The molecule has 122 valence electrons. The quantitative estimate of drug-likeness (QED) is 0.838. The van der Waals surface area contributed by atoms with Gasteiger partial charge in [0.25, 0.3) is 0 Å². The molecule has 4 nitrogen and oxygen atoms in total. The molecule has 1 fully saturated rings. The summed E-state index contributed by atoms with van der Waals surface area (Å²) in [6.07, 6.45) is 3.05. The van der Waals surface area contributed by atoms with Gasteiger partial charge in [-0.1, -0.05) is 18.5 Å². The van der Waals surface area contributed by atoms with Gasteiger partial charge in [0.2, 0.25) is 5.91 Å². The molecule has 5 heteroatoms. The van der Waals surface area contributed by atoms with E-state index in [9.17, 15) is 4.79 Å². The molecule has 1 aliphatic rings. The summed E-state index contributed by atoms with van der Waals surface area (Å²) in [5, 5.41) is 3.71. The van der Waals surface area contributed by atoms with Gasteiger partial charge in [0.1, 0.15) is 12.4 Å². The highest BCUT2D eigenvalue weighted by Gasteiger charge is 2.25. The number of nitrogens with zero attached hydrogens (tertiary/aromatic N) is 1. The van der Waals surface area contributed by atoms with Crippen molar-refractivity contribution < 1.29 is 9.53 Å². The molecule has 2 rings (SSSR count). The number of ether oxygens (including phenoxy) is 1. The van der Waals surface area contributed by atoms with Gasteiger partial charge in [0.15, 0.2) is 0 Å². The van der Waals surface area contributed by atoms with Crippen LogP contribution >= 0.6 is 11.6 Å². The Balaban J connectivity index is 1.71. The minimum atomic E-state index is 0.121. The predicted octanol–water partition coefficient (Wildman–Crippen LogP) is 2.96. The van der Waals surface area contributed by atoms with Gasteiger partial charge in [-0.3, -0.25) is 9.69 Å². The molecule has 1 aromatic rings. The van der Waals surface area contributed by atoms with E-state index in [2.05, 4.69) is 17.1 Å². The van der Waals surface area contributed by atoms with Crippen molar-refractivity contribution >= 4 is 17.5 Å². The van der Waals surface area contributed by atoms with E-state index in [1.165, 1.54) is 0 Å². The fourth-order valence-electron chi connectivity index (χ4n) is 2.69. The minimum Gasteiger partial charge on any atom is -0.492 e. The summed E-state index contributed by atoms with van der Waals surface area (Å²) in [5.41, 5.74) is 0. The van der Waals surface area contributed by atoms with E-state index in [1.807, 2.05) is 24.3 Å². The van der Waals surface area contributed by atoms with Crippen LogP contribution in [0.4, 0.5) is 0 Å². The third-order valence-corrected chi connectivity index (χ3v) is 4.17. The summed E-state index contributed by atoms with van der Waals surface area (Å²) in [6, 6.07) is 7.40. The van der Waals surface area contributed by atoms with Crippen LogP contribution in [0.2, 0.25) is 5.02 Å². The number of carbonyl (C=O) groups excluding carboxylic acids is 1. The molecule has 22 heavy (non-hydrogen) atoms. The number of carbonyl (C=O) groups is 1. The fourth-order valence-corrected chi connectivity index (χ4v) is 2.81. The molecule has 0 aliphatic carbocycles. The second-order valence-corrected chi connectivity index (χ2v) is 6.17. The molecule has 1 amide bonds. The average Bonchev–Trinajstić information content (AvgIpc) is 2.55. The first-order valence-corrected chi connectivity index (χ1v) is 8.45. The first kappa shape index (κ1) is 17.1. The van der Waals surface area contributed by atoms with E-state index in [0.717, 1.165) is 51.2 Å². The van der Waals surface area contributed by atoms with Crippen LogP contribution < -0.4 is 10.1 Å². The highest BCUT2D eigenvalue weighted by Crippen LogP contribution is 2.18. The van der Waals surface area contributed by atoms with E-state index in [4.69, 9.17) is 16.3 Å². The molecule has 0 bridgehead atoms. The van der Waals surface area contributed by atoms with Crippen LogP contribution in [0.15, 0.2) is 24.3 Å². The van der Waals surface area contributed by atoms with Crippen molar-refractivity contribution in [3.05, 3.63) is 29.3 Å². The van der Waals surface area contributed by atoms with Gasteiger partial charge < -0.3 is 10.1 Å². The van der Waals surface area contributed by atoms with E-state index in [-0.39, 0.29) is 11.8 Å². The monoisotopic (exact) mass is 324 g/mol. The normalized spacial score (nSPS) is 18.9. The van der Waals surface area contributed by atoms with Gasteiger partial charge in [0.05, 0.1) is 5.92 Å². The number of halogens is 1. The van der Waals surface area contributed by atoms with Gasteiger partial charge in [-0.2, -0.15) is 0 Å². The average molecular weight is 325 g/mol. The largest absolute Gasteiger partial charge is 0.492 e. The molecular formula is C17H25ClN2O2. The first-order valence-electron chi connectivity index (χ1n) is 8.07. The van der Waals surface area contributed by atoms with Crippen LogP contribution in [0.25, 0.3) is 0 Å². The Morgan fingerprint density at radius 3 is 2.91 bits per heavy atom. The molecule has 1 atom stereocenters. The van der Waals surface area contributed by atoms with Gasteiger partial charge >= 0.3 is 0 Å². The highest BCUT2D eigenvalue weighted by molar-refractivity contribution is 6.30. The third-order valence-electron chi connectivity index (χ3n) is 3.92. The number of piperidine rings is 1. The molecule has 1 N–H and O–H groups in total. The van der Waals surface area contributed by atoms with Crippen molar-refractivity contribution in [1.29, 1.82) is 0 Å². The number of rotatable bonds is 7. The van der Waals surface area contributed by atoms with E-state index < -0.39 is 0 Å². The minimum absolute atomic E-state index is 0.121. The van der Waals surface area contributed by atoms with E-state index >= 15 is 0 Å². The summed E-state index contributed by atoms with van der Waals surface area (Å²) in [7, 11) is 0. The number of amides is 1. The molecule has 1 saturated heterocycles. The van der Waals surface area contributed by atoms with Gasteiger partial charge in [-0.25, -0.2) is 0 Å². The Kier molecular flexibility index (Phi) is 7.00. The molecule has 1 heterocycles. The fraction of sp³-hybridized carbons (Fsp3) is 0.588. The lowest BCUT2D eigenvalue weighted by Gasteiger charge is -2.31. The smallest absolute Gasteiger partial charge is 0.224 e. The summed E-state index contributed by atoms with van der Waals surface area (Å²) in [6.45, 7) is 6.20. The van der Waals surface area contributed by atoms with Crippen LogP contribution in [0.3, 0.4) is 0 Å². The Morgan fingerprint density at radius 1 is 1.41 bits per heavy atom. The molecule has 1 aromatic carbocycles. The van der Waals surface area contributed by atoms with Crippen LogP contribution in [0, 0.1) is 5.92 Å². The number of benzene rings is 1. The molecule has 1 aliphatic heterocycles. The molecule has 0 saturated carbocycles. The van der Waals surface area contributed by atoms with Gasteiger partial charge in [0, 0.05) is 24.7 Å². The second-order valence-electron chi connectivity index (χ2n) is 5.73. The maximum atomic E-state index is 12.0. The molecular weight excluding hydrogens is 300 g/mol. The number of likely N-dealkylation sites (tertiary alicyclic amines) is 1. The topological polar surface area (TPSA) is 41.6 Å². The first-order chi connectivity index (χ1) is 10.7. The summed E-state index contributed by atoms with van der Waals surface area (Å²) in [4.78, 5) is 14.4. The maximum absolute atomic E-state index is 12.0. The number of nitrogens with one attached hydrogen (secondary N) is 1. The van der Waals surface area contributed by atoms with Crippen molar-refractivity contribution in [2.45, 2.75) is 26.2 Å². The molecule has 0 unspecified atom stereocenters. The number of hydrogen-bond acceptors (Lipinski definition) is 3. The zero-order chi connectivity index (χ0) is 15.8. The lowest BCUT2D eigenvalue weighted by Crippen LogP contribution is -2.44. The lowest BCUT2D eigenvalue weighted by atomic mass is 9.97. The molecule has 0 aromatic heterocycles. The zero-order valence-electron chi connectivity index (χ0n) is 13.2. The maximum Gasteiger partial charge on any atom is 0.224 e. The zero-order valence-corrected chi connectivity index (χ0v) is 13.9. The second kappa shape index (κ2) is 9.01. The van der Waals surface area contributed by atoms with Crippen molar-refractivity contribution in [2.75, 3.05) is 32.8 Å². The van der Waals surface area contributed by atoms with Crippen LogP contribution in [-0.2, 0) is 4.79 Å². The van der Waals surface area contributed by atoms with Crippen molar-refractivity contribution in [3.8, 4) is 5.75 Å². The standard InChI is InChI=1S/C17H25ClN2O2/c1-2-9-19-17(21)14-4-3-10-20(13-14)11-12-22-16-7-5-15(18)6-8-16/h5-8,14H,2-4,9-13H2,1H3,(H,19,21)/t14-/m0/s1. The van der Waals surface area contributed by atoms with Gasteiger partial charge in [-0.15, -0.1) is 0 Å².